The van der Waals surface area contributed by atoms with Crippen molar-refractivity contribution in [3.8, 4) is 22.4 Å². The monoisotopic (exact) mass is 515 g/mol. The number of nitrogens with zero attached hydrogens (tertiary/aromatic N) is 5. The maximum Gasteiger partial charge on any atom is 0.257 e. The molecular weight excluding hydrogens is 493 g/mol. The zero-order valence-corrected chi connectivity index (χ0v) is 21.1. The summed E-state index contributed by atoms with van der Waals surface area (Å²) < 4.78 is 18.8. The number of imidazole rings is 1. The minimum Gasteiger partial charge on any atom is -0.331 e. The molecule has 7 nitrogen and oxygen atoms in total. The van der Waals surface area contributed by atoms with Gasteiger partial charge in [0.25, 0.3) is 5.91 Å². The molecule has 0 unspecified atom stereocenters. The lowest BCUT2D eigenvalue weighted by Crippen LogP contribution is -2.40. The molecule has 0 aliphatic rings. The standard InChI is InChI=1S/C28H23ClFN5O2/c1-17(27(36)19-5-4-6-22(29)11-19)34(3)28(37)23-9-7-18(12-24(23)30)25-14-31-26-10-8-20(16-35(25)26)21-13-32-33(2)15-21/h4-17H,1-3H3/t17-/m1/s1. The molecule has 9 heteroatoms. The number of aryl methyl sites for hydroxylation is 1. The first kappa shape index (κ1) is 24.4. The maximum atomic E-state index is 15.2. The van der Waals surface area contributed by atoms with Gasteiger partial charge in [-0.05, 0) is 43.3 Å². The molecule has 0 saturated heterocycles. The number of pyridine rings is 1. The Bertz CT molecular complexity index is 1660. The number of rotatable bonds is 6. The topological polar surface area (TPSA) is 72.5 Å². The van der Waals surface area contributed by atoms with Gasteiger partial charge < -0.3 is 4.90 Å². The maximum absolute atomic E-state index is 15.2. The number of halogens is 2. The normalized spacial score (nSPS) is 12.0. The number of aromatic nitrogens is 4. The Morgan fingerprint density at radius 3 is 2.49 bits per heavy atom. The number of benzene rings is 2. The number of carbonyl (C=O) groups excluding carboxylic acids is 2. The van der Waals surface area contributed by atoms with Gasteiger partial charge in [-0.25, -0.2) is 9.37 Å². The van der Waals surface area contributed by atoms with Crippen LogP contribution in [0, 0.1) is 5.82 Å². The van der Waals surface area contributed by atoms with Crippen LogP contribution >= 0.6 is 11.6 Å². The first-order valence-corrected chi connectivity index (χ1v) is 11.9. The molecule has 186 valence electrons. The smallest absolute Gasteiger partial charge is 0.257 e. The molecule has 0 aliphatic carbocycles. The lowest BCUT2D eigenvalue weighted by molar-refractivity contribution is 0.0671. The lowest BCUT2D eigenvalue weighted by atomic mass is 10.0. The molecule has 37 heavy (non-hydrogen) atoms. The quantitative estimate of drug-likeness (QED) is 0.278. The van der Waals surface area contributed by atoms with Crippen LogP contribution in [0.5, 0.6) is 0 Å². The minimum absolute atomic E-state index is 0.123. The summed E-state index contributed by atoms with van der Waals surface area (Å²) in [6.45, 7) is 1.60. The van der Waals surface area contributed by atoms with Gasteiger partial charge in [0.15, 0.2) is 5.78 Å². The molecule has 5 rings (SSSR count). The Morgan fingerprint density at radius 1 is 1.00 bits per heavy atom. The van der Waals surface area contributed by atoms with Crippen LogP contribution in [-0.2, 0) is 7.05 Å². The van der Waals surface area contributed by atoms with E-state index in [1.165, 1.54) is 24.1 Å². The van der Waals surface area contributed by atoms with Crippen molar-refractivity contribution in [3.05, 3.63) is 101 Å². The zero-order valence-electron chi connectivity index (χ0n) is 20.4. The second kappa shape index (κ2) is 9.63. The summed E-state index contributed by atoms with van der Waals surface area (Å²) in [5, 5.41) is 4.64. The molecule has 0 N–H and O–H groups in total. The third-order valence-corrected chi connectivity index (χ3v) is 6.66. The van der Waals surface area contributed by atoms with E-state index < -0.39 is 17.8 Å². The van der Waals surface area contributed by atoms with E-state index in [0.29, 0.717) is 27.5 Å². The van der Waals surface area contributed by atoms with Gasteiger partial charge in [-0.2, -0.15) is 5.10 Å². The van der Waals surface area contributed by atoms with E-state index in [-0.39, 0.29) is 11.3 Å². The van der Waals surface area contributed by atoms with Crippen LogP contribution in [0.15, 0.2) is 79.4 Å². The van der Waals surface area contributed by atoms with E-state index in [9.17, 15) is 9.59 Å². The van der Waals surface area contributed by atoms with Gasteiger partial charge in [-0.15, -0.1) is 0 Å². The van der Waals surface area contributed by atoms with Crippen molar-refractivity contribution in [3.63, 3.8) is 0 Å². The van der Waals surface area contributed by atoms with Crippen molar-refractivity contribution in [2.75, 3.05) is 7.05 Å². The highest BCUT2D eigenvalue weighted by atomic mass is 35.5. The van der Waals surface area contributed by atoms with E-state index in [0.717, 1.165) is 11.1 Å². The molecular formula is C28H23ClFN5O2. The van der Waals surface area contributed by atoms with E-state index in [4.69, 9.17) is 11.6 Å². The first-order chi connectivity index (χ1) is 17.7. The largest absolute Gasteiger partial charge is 0.331 e. The highest BCUT2D eigenvalue weighted by molar-refractivity contribution is 6.31. The molecule has 1 amide bonds. The SMILES string of the molecule is C[C@H](C(=O)c1cccc(Cl)c1)N(C)C(=O)c1ccc(-c2cnc3ccc(-c4cnn(C)c4)cn23)cc1F. The molecule has 0 bridgehead atoms. The Morgan fingerprint density at radius 2 is 1.78 bits per heavy atom. The number of ketones is 1. The van der Waals surface area contributed by atoms with Gasteiger partial charge in [-0.3, -0.25) is 18.7 Å². The van der Waals surface area contributed by atoms with Crippen molar-refractivity contribution in [1.82, 2.24) is 24.1 Å². The summed E-state index contributed by atoms with van der Waals surface area (Å²) in [6.07, 6.45) is 7.26. The number of likely N-dealkylation sites (N-methyl/N-ethyl adjacent to an activating group) is 1. The predicted octanol–water partition coefficient (Wildman–Crippen LogP) is 5.54. The Kier molecular flexibility index (Phi) is 6.35. The van der Waals surface area contributed by atoms with Crippen LogP contribution in [0.2, 0.25) is 5.02 Å². The van der Waals surface area contributed by atoms with Gasteiger partial charge >= 0.3 is 0 Å². The molecule has 0 aliphatic heterocycles. The Labute approximate surface area is 217 Å². The molecule has 0 fully saturated rings. The molecule has 3 heterocycles. The molecule has 3 aromatic heterocycles. The van der Waals surface area contributed by atoms with Crippen LogP contribution in [0.3, 0.4) is 0 Å². The highest BCUT2D eigenvalue weighted by Gasteiger charge is 2.26. The van der Waals surface area contributed by atoms with Crippen molar-refractivity contribution < 1.29 is 14.0 Å². The number of hydrogen-bond donors (Lipinski definition) is 0. The predicted molar refractivity (Wildman–Crippen MR) is 140 cm³/mol. The summed E-state index contributed by atoms with van der Waals surface area (Å²) >= 11 is 5.99. The fourth-order valence-corrected chi connectivity index (χ4v) is 4.40. The molecule has 0 saturated carbocycles. The van der Waals surface area contributed by atoms with Crippen LogP contribution in [0.25, 0.3) is 28.0 Å². The Balaban J connectivity index is 1.42. The Hall–Kier alpha value is -4.30. The van der Waals surface area contributed by atoms with E-state index in [2.05, 4.69) is 10.1 Å². The summed E-state index contributed by atoms with van der Waals surface area (Å²) in [7, 11) is 3.33. The number of hydrogen-bond acceptors (Lipinski definition) is 4. The third-order valence-electron chi connectivity index (χ3n) is 6.43. The van der Waals surface area contributed by atoms with E-state index in [1.54, 1.807) is 54.3 Å². The second-order valence-corrected chi connectivity index (χ2v) is 9.29. The molecule has 1 atom stereocenters. The van der Waals surface area contributed by atoms with Crippen molar-refractivity contribution in [2.45, 2.75) is 13.0 Å². The van der Waals surface area contributed by atoms with Crippen LogP contribution < -0.4 is 0 Å². The third kappa shape index (κ3) is 4.63. The number of fused-ring (bicyclic) bond motifs is 1. The molecule has 0 spiro atoms. The minimum atomic E-state index is -0.810. The van der Waals surface area contributed by atoms with Crippen molar-refractivity contribution >= 4 is 28.9 Å². The van der Waals surface area contributed by atoms with Crippen LogP contribution in [-0.4, -0.2) is 48.8 Å². The van der Waals surface area contributed by atoms with Gasteiger partial charge in [0, 0.05) is 53.8 Å². The number of carbonyl (C=O) groups is 2. The number of Topliss-reactive ketones (excluding diaryl/α,β-unsaturated/α-hetero) is 1. The molecule has 2 aromatic carbocycles. The average molecular weight is 516 g/mol. The second-order valence-electron chi connectivity index (χ2n) is 8.85. The van der Waals surface area contributed by atoms with Crippen molar-refractivity contribution in [1.29, 1.82) is 0 Å². The number of amides is 1. The summed E-state index contributed by atoms with van der Waals surface area (Å²) in [5.74, 6) is -1.57. The van der Waals surface area contributed by atoms with Gasteiger partial charge in [0.05, 0.1) is 29.7 Å². The van der Waals surface area contributed by atoms with Gasteiger partial charge in [0.1, 0.15) is 11.5 Å². The summed E-state index contributed by atoms with van der Waals surface area (Å²) in [6, 6.07) is 14.0. The average Bonchev–Trinajstić information content (AvgIpc) is 3.52. The van der Waals surface area contributed by atoms with Gasteiger partial charge in [0.2, 0.25) is 0 Å². The molecule has 5 aromatic rings. The van der Waals surface area contributed by atoms with Crippen LogP contribution in [0.4, 0.5) is 4.39 Å². The highest BCUT2D eigenvalue weighted by Crippen LogP contribution is 2.27. The van der Waals surface area contributed by atoms with Crippen LogP contribution in [0.1, 0.15) is 27.6 Å². The van der Waals surface area contributed by atoms with E-state index in [1.807, 2.05) is 36.0 Å². The molecule has 0 radical (unpaired) electrons. The summed E-state index contributed by atoms with van der Waals surface area (Å²) in [5.41, 5.74) is 4.09. The van der Waals surface area contributed by atoms with Gasteiger partial charge in [-0.1, -0.05) is 29.8 Å². The lowest BCUT2D eigenvalue weighted by Gasteiger charge is -2.24. The summed E-state index contributed by atoms with van der Waals surface area (Å²) in [4.78, 5) is 31.6. The zero-order chi connectivity index (χ0) is 26.3. The van der Waals surface area contributed by atoms with Crippen molar-refractivity contribution in [2.24, 2.45) is 7.05 Å². The van der Waals surface area contributed by atoms with E-state index >= 15 is 4.39 Å². The fourth-order valence-electron chi connectivity index (χ4n) is 4.21. The first-order valence-electron chi connectivity index (χ1n) is 11.6. The fraction of sp³-hybridized carbons (Fsp3) is 0.143.